The quantitative estimate of drug-likeness (QED) is 0.778. The first-order valence-electron chi connectivity index (χ1n) is 6.39. The maximum Gasteiger partial charge on any atom is 0.224 e. The van der Waals surface area contributed by atoms with Crippen molar-refractivity contribution in [2.45, 2.75) is 19.3 Å². The number of hydrogen-bond acceptors (Lipinski definition) is 3. The second kappa shape index (κ2) is 6.70. The molecule has 0 saturated heterocycles. The van der Waals surface area contributed by atoms with Gasteiger partial charge in [0, 0.05) is 24.5 Å². The Morgan fingerprint density at radius 3 is 2.68 bits per heavy atom. The minimum absolute atomic E-state index is 0.0280. The van der Waals surface area contributed by atoms with Crippen LogP contribution in [-0.4, -0.2) is 22.2 Å². The number of unbranched alkanes of at least 4 members (excludes halogenated alkanes) is 1. The number of rotatable bonds is 6. The van der Waals surface area contributed by atoms with Crippen LogP contribution in [0.3, 0.4) is 0 Å². The van der Waals surface area contributed by atoms with Crippen molar-refractivity contribution in [3.05, 3.63) is 42.7 Å². The number of carbonyl (C=O) groups is 1. The Kier molecular flexibility index (Phi) is 4.69. The second-order valence-electron chi connectivity index (χ2n) is 4.29. The topological polar surface area (TPSA) is 72.9 Å². The number of nitrogens with two attached hydrogens (primary N) is 1. The molecule has 1 aromatic heterocycles. The van der Waals surface area contributed by atoms with E-state index in [2.05, 4.69) is 10.4 Å². The first-order valence-corrected chi connectivity index (χ1v) is 6.39. The van der Waals surface area contributed by atoms with E-state index in [0.717, 1.165) is 24.2 Å². The van der Waals surface area contributed by atoms with Crippen molar-refractivity contribution in [1.82, 2.24) is 9.78 Å². The molecule has 3 N–H and O–H groups in total. The number of amides is 1. The van der Waals surface area contributed by atoms with Crippen LogP contribution in [0.4, 0.5) is 5.69 Å². The summed E-state index contributed by atoms with van der Waals surface area (Å²) in [7, 11) is 0. The molecular formula is C14H18N4O. The molecule has 0 fully saturated rings. The zero-order valence-corrected chi connectivity index (χ0v) is 10.7. The normalized spacial score (nSPS) is 10.4. The summed E-state index contributed by atoms with van der Waals surface area (Å²) in [4.78, 5) is 11.6. The standard InChI is InChI=1S/C14H18N4O/c15-9-2-1-4-14(19)17-12-5-7-13(8-6-12)18-11-3-10-16-18/h3,5-8,10-11H,1-2,4,9,15H2,(H,17,19). The zero-order chi connectivity index (χ0) is 13.5. The summed E-state index contributed by atoms with van der Waals surface area (Å²) in [5, 5.41) is 7.01. The van der Waals surface area contributed by atoms with E-state index in [-0.39, 0.29) is 5.91 Å². The van der Waals surface area contributed by atoms with E-state index >= 15 is 0 Å². The number of benzene rings is 1. The fraction of sp³-hybridized carbons (Fsp3) is 0.286. The molecule has 0 unspecified atom stereocenters. The van der Waals surface area contributed by atoms with Gasteiger partial charge in [0.2, 0.25) is 5.91 Å². The maximum absolute atomic E-state index is 11.6. The Morgan fingerprint density at radius 2 is 2.05 bits per heavy atom. The van der Waals surface area contributed by atoms with Gasteiger partial charge in [0.1, 0.15) is 0 Å². The predicted molar refractivity (Wildman–Crippen MR) is 75.1 cm³/mol. The lowest BCUT2D eigenvalue weighted by Gasteiger charge is -2.06. The van der Waals surface area contributed by atoms with Crippen molar-refractivity contribution in [3.8, 4) is 5.69 Å². The summed E-state index contributed by atoms with van der Waals surface area (Å²) in [5.74, 6) is 0.0280. The lowest BCUT2D eigenvalue weighted by Crippen LogP contribution is -2.12. The molecule has 5 heteroatoms. The SMILES string of the molecule is NCCCCC(=O)Nc1ccc(-n2cccn2)cc1. The third-order valence-corrected chi connectivity index (χ3v) is 2.78. The van der Waals surface area contributed by atoms with E-state index in [4.69, 9.17) is 5.73 Å². The predicted octanol–water partition coefficient (Wildman–Crippen LogP) is 1.94. The van der Waals surface area contributed by atoms with Crippen molar-refractivity contribution >= 4 is 11.6 Å². The smallest absolute Gasteiger partial charge is 0.224 e. The Bertz CT molecular complexity index is 505. The van der Waals surface area contributed by atoms with Crippen LogP contribution in [-0.2, 0) is 4.79 Å². The zero-order valence-electron chi connectivity index (χ0n) is 10.7. The van der Waals surface area contributed by atoms with Crippen LogP contribution in [0, 0.1) is 0 Å². The largest absolute Gasteiger partial charge is 0.330 e. The molecule has 0 radical (unpaired) electrons. The number of aromatic nitrogens is 2. The lowest BCUT2D eigenvalue weighted by molar-refractivity contribution is -0.116. The highest BCUT2D eigenvalue weighted by atomic mass is 16.1. The Morgan fingerprint density at radius 1 is 1.26 bits per heavy atom. The first kappa shape index (κ1) is 13.3. The Hall–Kier alpha value is -2.14. The molecule has 100 valence electrons. The number of nitrogens with zero attached hydrogens (tertiary/aromatic N) is 2. The van der Waals surface area contributed by atoms with Gasteiger partial charge in [-0.3, -0.25) is 4.79 Å². The van der Waals surface area contributed by atoms with E-state index in [1.807, 2.05) is 36.5 Å². The number of nitrogens with one attached hydrogen (secondary N) is 1. The van der Waals surface area contributed by atoms with Crippen molar-refractivity contribution in [1.29, 1.82) is 0 Å². The molecule has 0 spiro atoms. The highest BCUT2D eigenvalue weighted by Crippen LogP contribution is 2.13. The summed E-state index contributed by atoms with van der Waals surface area (Å²) in [6, 6.07) is 9.45. The molecule has 2 rings (SSSR count). The highest BCUT2D eigenvalue weighted by Gasteiger charge is 2.02. The van der Waals surface area contributed by atoms with E-state index < -0.39 is 0 Å². The highest BCUT2D eigenvalue weighted by molar-refractivity contribution is 5.90. The molecule has 1 amide bonds. The van der Waals surface area contributed by atoms with Gasteiger partial charge in [-0.1, -0.05) is 0 Å². The van der Waals surface area contributed by atoms with Gasteiger partial charge in [0.25, 0.3) is 0 Å². The summed E-state index contributed by atoms with van der Waals surface area (Å²) < 4.78 is 1.77. The van der Waals surface area contributed by atoms with Gasteiger partial charge < -0.3 is 11.1 Å². The minimum atomic E-state index is 0.0280. The molecular weight excluding hydrogens is 240 g/mol. The average molecular weight is 258 g/mol. The molecule has 0 aliphatic carbocycles. The molecule has 0 aliphatic rings. The van der Waals surface area contributed by atoms with Crippen LogP contribution >= 0.6 is 0 Å². The molecule has 0 aliphatic heterocycles. The molecule has 0 atom stereocenters. The molecule has 1 aromatic carbocycles. The van der Waals surface area contributed by atoms with Gasteiger partial charge in [0.05, 0.1) is 5.69 Å². The average Bonchev–Trinajstić information content (AvgIpc) is 2.94. The maximum atomic E-state index is 11.6. The summed E-state index contributed by atoms with van der Waals surface area (Å²) >= 11 is 0. The Labute approximate surface area is 112 Å². The molecule has 0 bridgehead atoms. The van der Waals surface area contributed by atoms with Crippen LogP contribution in [0.2, 0.25) is 0 Å². The third kappa shape index (κ3) is 3.93. The monoisotopic (exact) mass is 258 g/mol. The van der Waals surface area contributed by atoms with Crippen LogP contribution in [0.15, 0.2) is 42.7 Å². The van der Waals surface area contributed by atoms with Crippen LogP contribution < -0.4 is 11.1 Å². The number of hydrogen-bond donors (Lipinski definition) is 2. The van der Waals surface area contributed by atoms with E-state index in [1.54, 1.807) is 10.9 Å². The second-order valence-corrected chi connectivity index (χ2v) is 4.29. The minimum Gasteiger partial charge on any atom is -0.330 e. The van der Waals surface area contributed by atoms with Crippen molar-refractivity contribution in [2.24, 2.45) is 5.73 Å². The van der Waals surface area contributed by atoms with E-state index in [9.17, 15) is 4.79 Å². The molecule has 0 saturated carbocycles. The van der Waals surface area contributed by atoms with E-state index in [1.165, 1.54) is 0 Å². The first-order chi connectivity index (χ1) is 9.29. The number of carbonyl (C=O) groups excluding carboxylic acids is 1. The van der Waals surface area contributed by atoms with Crippen LogP contribution in [0.25, 0.3) is 5.69 Å². The van der Waals surface area contributed by atoms with Crippen molar-refractivity contribution in [2.75, 3.05) is 11.9 Å². The van der Waals surface area contributed by atoms with Gasteiger partial charge in [-0.25, -0.2) is 4.68 Å². The van der Waals surface area contributed by atoms with Crippen molar-refractivity contribution < 1.29 is 4.79 Å². The van der Waals surface area contributed by atoms with Crippen LogP contribution in [0.5, 0.6) is 0 Å². The van der Waals surface area contributed by atoms with Gasteiger partial charge in [0.15, 0.2) is 0 Å². The third-order valence-electron chi connectivity index (χ3n) is 2.78. The molecule has 19 heavy (non-hydrogen) atoms. The molecule has 1 heterocycles. The Balaban J connectivity index is 1.90. The fourth-order valence-electron chi connectivity index (χ4n) is 1.77. The summed E-state index contributed by atoms with van der Waals surface area (Å²) in [6.45, 7) is 0.631. The summed E-state index contributed by atoms with van der Waals surface area (Å²) in [6.07, 6.45) is 5.82. The van der Waals surface area contributed by atoms with Crippen LogP contribution in [0.1, 0.15) is 19.3 Å². The molecule has 2 aromatic rings. The molecule has 5 nitrogen and oxygen atoms in total. The van der Waals surface area contributed by atoms with Gasteiger partial charge in [-0.2, -0.15) is 5.10 Å². The number of anilines is 1. The van der Waals surface area contributed by atoms with Gasteiger partial charge in [-0.05, 0) is 49.7 Å². The lowest BCUT2D eigenvalue weighted by atomic mass is 10.2. The van der Waals surface area contributed by atoms with Gasteiger partial charge in [-0.15, -0.1) is 0 Å². The van der Waals surface area contributed by atoms with E-state index in [0.29, 0.717) is 13.0 Å². The van der Waals surface area contributed by atoms with Crippen molar-refractivity contribution in [3.63, 3.8) is 0 Å². The van der Waals surface area contributed by atoms with Gasteiger partial charge >= 0.3 is 0 Å². The fourth-order valence-corrected chi connectivity index (χ4v) is 1.77. The summed E-state index contributed by atoms with van der Waals surface area (Å²) in [5.41, 5.74) is 7.15.